The van der Waals surface area contributed by atoms with Crippen molar-refractivity contribution in [2.45, 2.75) is 37.5 Å². The fraction of sp³-hybridized carbons (Fsp3) is 0.455. The summed E-state index contributed by atoms with van der Waals surface area (Å²) < 4.78 is 27.2. The molecule has 1 aromatic heterocycles. The monoisotopic (exact) mass is 476 g/mol. The van der Waals surface area contributed by atoms with Crippen LogP contribution in [0.1, 0.15) is 39.2 Å². The number of piperazine rings is 1. The Bertz CT molecular complexity index is 1120. The van der Waals surface area contributed by atoms with Crippen LogP contribution in [0.2, 0.25) is 0 Å². The molecule has 0 radical (unpaired) electrons. The van der Waals surface area contributed by atoms with Crippen molar-refractivity contribution in [3.8, 4) is 0 Å². The van der Waals surface area contributed by atoms with E-state index in [1.165, 1.54) is 15.6 Å². The number of amides is 2. The number of carbonyl (C=O) groups is 2. The van der Waals surface area contributed by atoms with Crippen LogP contribution in [0.3, 0.4) is 0 Å². The van der Waals surface area contributed by atoms with E-state index in [0.717, 1.165) is 41.7 Å². The van der Waals surface area contributed by atoms with Gasteiger partial charge in [-0.05, 0) is 50.3 Å². The van der Waals surface area contributed by atoms with E-state index in [0.29, 0.717) is 36.7 Å². The molecule has 2 aromatic rings. The molecule has 1 aromatic carbocycles. The number of sulfonamides is 1. The van der Waals surface area contributed by atoms with Crippen LogP contribution in [0.4, 0.5) is 5.00 Å². The highest BCUT2D eigenvalue weighted by atomic mass is 32.2. The molecule has 0 saturated carbocycles. The molecule has 3 N–H and O–H groups in total. The highest BCUT2D eigenvalue weighted by molar-refractivity contribution is 7.89. The third-order valence-corrected chi connectivity index (χ3v) is 9.15. The van der Waals surface area contributed by atoms with E-state index in [1.54, 1.807) is 24.3 Å². The number of benzene rings is 1. The lowest BCUT2D eigenvalue weighted by Crippen LogP contribution is -2.50. The minimum atomic E-state index is -3.54. The predicted octanol–water partition coefficient (Wildman–Crippen LogP) is 1.98. The first-order valence-electron chi connectivity index (χ1n) is 10.8. The SMILES string of the molecule is Cc1ccc(S(=O)(=O)N2CCN(CC(=O)Nc3sc4c(c3C(N)=O)CCCC4)CC2)cc1. The van der Waals surface area contributed by atoms with Crippen molar-refractivity contribution in [1.29, 1.82) is 0 Å². The molecule has 0 atom stereocenters. The van der Waals surface area contributed by atoms with Crippen molar-refractivity contribution in [3.05, 3.63) is 45.8 Å². The smallest absolute Gasteiger partial charge is 0.251 e. The van der Waals surface area contributed by atoms with Crippen molar-refractivity contribution < 1.29 is 18.0 Å². The summed E-state index contributed by atoms with van der Waals surface area (Å²) in [6.07, 6.45) is 3.83. The second-order valence-electron chi connectivity index (χ2n) is 8.32. The largest absolute Gasteiger partial charge is 0.365 e. The lowest BCUT2D eigenvalue weighted by molar-refractivity contribution is -0.117. The summed E-state index contributed by atoms with van der Waals surface area (Å²) in [7, 11) is -3.54. The molecular formula is C22H28N4O4S2. The number of rotatable bonds is 6. The molecule has 2 amide bonds. The Morgan fingerprint density at radius 1 is 1.06 bits per heavy atom. The number of hydrogen-bond acceptors (Lipinski definition) is 6. The normalized spacial score (nSPS) is 17.7. The Morgan fingerprint density at radius 3 is 2.38 bits per heavy atom. The number of anilines is 1. The zero-order valence-electron chi connectivity index (χ0n) is 18.1. The van der Waals surface area contributed by atoms with Gasteiger partial charge in [-0.2, -0.15) is 4.31 Å². The molecule has 8 nitrogen and oxygen atoms in total. The van der Waals surface area contributed by atoms with Crippen LogP contribution >= 0.6 is 11.3 Å². The van der Waals surface area contributed by atoms with Gasteiger partial charge in [0.05, 0.1) is 17.0 Å². The number of aryl methyl sites for hydroxylation is 2. The third kappa shape index (κ3) is 4.73. The highest BCUT2D eigenvalue weighted by Gasteiger charge is 2.30. The number of carbonyl (C=O) groups excluding carboxylic acids is 2. The van der Waals surface area contributed by atoms with Gasteiger partial charge in [0.15, 0.2) is 0 Å². The molecule has 1 saturated heterocycles. The zero-order valence-corrected chi connectivity index (χ0v) is 19.7. The van der Waals surface area contributed by atoms with E-state index in [9.17, 15) is 18.0 Å². The topological polar surface area (TPSA) is 113 Å². The molecule has 10 heteroatoms. The molecule has 1 fully saturated rings. The van der Waals surface area contributed by atoms with Gasteiger partial charge in [-0.3, -0.25) is 14.5 Å². The summed E-state index contributed by atoms with van der Waals surface area (Å²) in [5, 5.41) is 3.41. The van der Waals surface area contributed by atoms with E-state index in [4.69, 9.17) is 5.73 Å². The summed E-state index contributed by atoms with van der Waals surface area (Å²) in [6.45, 7) is 3.62. The maximum atomic E-state index is 12.9. The molecule has 2 aliphatic rings. The number of primary amides is 1. The average Bonchev–Trinajstić information content (AvgIpc) is 3.12. The fourth-order valence-corrected chi connectivity index (χ4v) is 7.00. The van der Waals surface area contributed by atoms with Crippen LogP contribution in [-0.2, 0) is 27.7 Å². The first kappa shape index (κ1) is 22.9. The molecule has 0 spiro atoms. The van der Waals surface area contributed by atoms with Crippen LogP contribution in [0.15, 0.2) is 29.2 Å². The first-order valence-corrected chi connectivity index (χ1v) is 13.0. The van der Waals surface area contributed by atoms with Gasteiger partial charge < -0.3 is 11.1 Å². The molecule has 0 bridgehead atoms. The third-order valence-electron chi connectivity index (χ3n) is 6.03. The van der Waals surface area contributed by atoms with Crippen LogP contribution in [-0.4, -0.2) is 62.2 Å². The van der Waals surface area contributed by atoms with Crippen molar-refractivity contribution >= 4 is 38.2 Å². The maximum Gasteiger partial charge on any atom is 0.251 e. The minimum absolute atomic E-state index is 0.138. The number of hydrogen-bond donors (Lipinski definition) is 2. The van der Waals surface area contributed by atoms with E-state index in [-0.39, 0.29) is 17.3 Å². The fourth-order valence-electron chi connectivity index (χ4n) is 4.27. The van der Waals surface area contributed by atoms with Gasteiger partial charge in [0.1, 0.15) is 5.00 Å². The summed E-state index contributed by atoms with van der Waals surface area (Å²) in [4.78, 5) is 28.0. The molecule has 32 heavy (non-hydrogen) atoms. The predicted molar refractivity (Wildman–Crippen MR) is 124 cm³/mol. The van der Waals surface area contributed by atoms with Crippen LogP contribution in [0.25, 0.3) is 0 Å². The molecule has 2 heterocycles. The molecule has 1 aliphatic carbocycles. The molecule has 4 rings (SSSR count). The summed E-state index contributed by atoms with van der Waals surface area (Å²) in [5.41, 5.74) is 8.04. The Balaban J connectivity index is 1.36. The molecule has 172 valence electrons. The van der Waals surface area contributed by atoms with Crippen molar-refractivity contribution in [2.75, 3.05) is 38.0 Å². The summed E-state index contributed by atoms with van der Waals surface area (Å²) >= 11 is 1.44. The summed E-state index contributed by atoms with van der Waals surface area (Å²) in [5.74, 6) is -0.726. The number of thiophene rings is 1. The Morgan fingerprint density at radius 2 is 1.72 bits per heavy atom. The van der Waals surface area contributed by atoms with Crippen molar-refractivity contribution in [2.24, 2.45) is 5.73 Å². The molecule has 1 aliphatic heterocycles. The van der Waals surface area contributed by atoms with Gasteiger partial charge in [0.25, 0.3) is 5.91 Å². The highest BCUT2D eigenvalue weighted by Crippen LogP contribution is 2.37. The molecular weight excluding hydrogens is 448 g/mol. The average molecular weight is 477 g/mol. The quantitative estimate of drug-likeness (QED) is 0.662. The van der Waals surface area contributed by atoms with Crippen molar-refractivity contribution in [1.82, 2.24) is 9.21 Å². The number of nitrogens with two attached hydrogens (primary N) is 1. The van der Waals surface area contributed by atoms with E-state index >= 15 is 0 Å². The summed E-state index contributed by atoms with van der Waals surface area (Å²) in [6, 6.07) is 6.83. The number of fused-ring (bicyclic) bond motifs is 1. The van der Waals surface area contributed by atoms with Crippen molar-refractivity contribution in [3.63, 3.8) is 0 Å². The maximum absolute atomic E-state index is 12.9. The van der Waals surface area contributed by atoms with E-state index < -0.39 is 15.9 Å². The first-order chi connectivity index (χ1) is 15.3. The second-order valence-corrected chi connectivity index (χ2v) is 11.4. The number of nitrogens with zero attached hydrogens (tertiary/aromatic N) is 2. The van der Waals surface area contributed by atoms with Gasteiger partial charge in [-0.25, -0.2) is 8.42 Å². The van der Waals surface area contributed by atoms with Gasteiger partial charge in [-0.15, -0.1) is 11.3 Å². The van der Waals surface area contributed by atoms with E-state index in [1.807, 2.05) is 11.8 Å². The van der Waals surface area contributed by atoms with E-state index in [2.05, 4.69) is 5.32 Å². The van der Waals surface area contributed by atoms with Crippen LogP contribution in [0, 0.1) is 6.92 Å². The lowest BCUT2D eigenvalue weighted by Gasteiger charge is -2.33. The van der Waals surface area contributed by atoms with Gasteiger partial charge in [0.2, 0.25) is 15.9 Å². The standard InChI is InChI=1S/C22H28N4O4S2/c1-15-6-8-16(9-7-15)32(29,30)26-12-10-25(11-13-26)14-19(27)24-22-20(21(23)28)17-4-2-3-5-18(17)31-22/h6-9H,2-5,10-14H2,1H3,(H2,23,28)(H,24,27). The molecule has 0 unspecified atom stereocenters. The van der Waals surface area contributed by atoms with Gasteiger partial charge in [-0.1, -0.05) is 17.7 Å². The Hall–Kier alpha value is -2.27. The lowest BCUT2D eigenvalue weighted by atomic mass is 9.95. The Kier molecular flexibility index (Phi) is 6.66. The Labute approximate surface area is 192 Å². The van der Waals surface area contributed by atoms with Gasteiger partial charge >= 0.3 is 0 Å². The second kappa shape index (κ2) is 9.30. The van der Waals surface area contributed by atoms with Gasteiger partial charge in [0, 0.05) is 31.1 Å². The van der Waals surface area contributed by atoms with Crippen LogP contribution in [0.5, 0.6) is 0 Å². The van der Waals surface area contributed by atoms with Crippen LogP contribution < -0.4 is 11.1 Å². The zero-order chi connectivity index (χ0) is 22.9. The number of nitrogens with one attached hydrogen (secondary N) is 1. The minimum Gasteiger partial charge on any atom is -0.365 e.